The third-order valence-corrected chi connectivity index (χ3v) is 2.29. The number of halogens is 3. The number of alkyl halides is 3. The summed E-state index contributed by atoms with van der Waals surface area (Å²) in [4.78, 5) is 21.7. The van der Waals surface area contributed by atoms with Crippen LogP contribution in [0.1, 0.15) is 12.6 Å². The smallest absolute Gasteiger partial charge is 0.311 e. The van der Waals surface area contributed by atoms with E-state index < -0.39 is 11.9 Å². The highest BCUT2D eigenvalue weighted by Gasteiger charge is 2.33. The number of anilines is 1. The molecule has 1 N–H and O–H groups in total. The number of nitrogens with one attached hydrogen (secondary N) is 1. The van der Waals surface area contributed by atoms with Gasteiger partial charge in [-0.15, -0.1) is 0 Å². The number of pyridine rings is 1. The molecule has 0 radical (unpaired) electrons. The number of amides is 1. The topological polar surface area (TPSA) is 67.8 Å². The van der Waals surface area contributed by atoms with Crippen LogP contribution in [0.3, 0.4) is 0 Å². The molecule has 0 unspecified atom stereocenters. The molecule has 20 heavy (non-hydrogen) atoms. The molecule has 0 fully saturated rings. The maximum atomic E-state index is 12.5. The summed E-state index contributed by atoms with van der Waals surface area (Å²) in [6.07, 6.45) is -1.37. The Morgan fingerprint density at radius 1 is 1.20 bits per heavy atom. The number of hydrogen-bond donors (Lipinski definition) is 1. The largest absolute Gasteiger partial charge is 0.434 e. The van der Waals surface area contributed by atoms with Crippen molar-refractivity contribution in [3.8, 4) is 11.3 Å². The Hall–Kier alpha value is -2.51. The van der Waals surface area contributed by atoms with E-state index in [9.17, 15) is 18.0 Å². The molecule has 104 valence electrons. The lowest BCUT2D eigenvalue weighted by atomic mass is 10.2. The van der Waals surface area contributed by atoms with Crippen molar-refractivity contribution in [2.75, 3.05) is 5.32 Å². The first-order valence-electron chi connectivity index (χ1n) is 5.49. The van der Waals surface area contributed by atoms with E-state index in [1.54, 1.807) is 0 Å². The van der Waals surface area contributed by atoms with Crippen molar-refractivity contribution in [1.29, 1.82) is 0 Å². The molecule has 0 saturated carbocycles. The minimum absolute atomic E-state index is 0.0571. The Labute approximate surface area is 111 Å². The first-order chi connectivity index (χ1) is 9.36. The number of nitrogens with zero attached hydrogens (tertiary/aromatic N) is 3. The number of hydrogen-bond acceptors (Lipinski definition) is 4. The average molecular weight is 282 g/mol. The molecule has 0 spiro atoms. The van der Waals surface area contributed by atoms with Gasteiger partial charge in [-0.1, -0.05) is 0 Å². The van der Waals surface area contributed by atoms with Gasteiger partial charge in [-0.2, -0.15) is 13.2 Å². The Morgan fingerprint density at radius 2 is 1.95 bits per heavy atom. The fraction of sp³-hybridized carbons (Fsp3) is 0.167. The summed E-state index contributed by atoms with van der Waals surface area (Å²) in [5.41, 5.74) is -0.639. The van der Waals surface area contributed by atoms with Crippen molar-refractivity contribution in [1.82, 2.24) is 15.0 Å². The maximum Gasteiger partial charge on any atom is 0.434 e. The second-order valence-electron chi connectivity index (χ2n) is 3.90. The van der Waals surface area contributed by atoms with Crippen LogP contribution in [-0.4, -0.2) is 20.9 Å². The monoisotopic (exact) mass is 282 g/mol. The molecule has 0 aliphatic carbocycles. The summed E-state index contributed by atoms with van der Waals surface area (Å²) >= 11 is 0. The molecule has 0 aliphatic heterocycles. The Kier molecular flexibility index (Phi) is 3.64. The van der Waals surface area contributed by atoms with Gasteiger partial charge in [-0.25, -0.2) is 9.97 Å². The molecule has 0 atom stereocenters. The number of aromatic nitrogens is 3. The highest BCUT2D eigenvalue weighted by molar-refractivity contribution is 5.87. The van der Waals surface area contributed by atoms with Crippen LogP contribution < -0.4 is 5.32 Å². The zero-order valence-electron chi connectivity index (χ0n) is 10.3. The van der Waals surface area contributed by atoms with Gasteiger partial charge in [-0.3, -0.25) is 9.78 Å². The van der Waals surface area contributed by atoms with Crippen molar-refractivity contribution >= 4 is 11.7 Å². The fourth-order valence-electron chi connectivity index (χ4n) is 1.44. The van der Waals surface area contributed by atoms with Gasteiger partial charge >= 0.3 is 6.18 Å². The van der Waals surface area contributed by atoms with E-state index in [1.165, 1.54) is 31.5 Å². The Balaban J connectivity index is 2.30. The molecular weight excluding hydrogens is 273 g/mol. The van der Waals surface area contributed by atoms with Gasteiger partial charge in [0.15, 0.2) is 5.69 Å². The van der Waals surface area contributed by atoms with Crippen LogP contribution >= 0.6 is 0 Å². The number of rotatable bonds is 2. The molecular formula is C12H9F3N4O. The predicted octanol–water partition coefficient (Wildman–Crippen LogP) is 2.52. The molecule has 0 aromatic carbocycles. The Bertz CT molecular complexity index is 625. The second kappa shape index (κ2) is 5.24. The molecule has 2 aromatic rings. The van der Waals surface area contributed by atoms with Gasteiger partial charge in [0, 0.05) is 18.7 Å². The SMILES string of the molecule is CC(=O)Nc1ccc(-c2cncc(C(F)(F)F)n2)cn1. The Morgan fingerprint density at radius 3 is 2.50 bits per heavy atom. The fourth-order valence-corrected chi connectivity index (χ4v) is 1.44. The average Bonchev–Trinajstić information content (AvgIpc) is 2.38. The molecule has 5 nitrogen and oxygen atoms in total. The summed E-state index contributed by atoms with van der Waals surface area (Å²) in [7, 11) is 0. The van der Waals surface area contributed by atoms with Crippen LogP contribution in [0.2, 0.25) is 0 Å². The molecule has 2 heterocycles. The van der Waals surface area contributed by atoms with Gasteiger partial charge in [0.2, 0.25) is 5.91 Å². The van der Waals surface area contributed by atoms with Gasteiger partial charge < -0.3 is 5.32 Å². The third kappa shape index (κ3) is 3.28. The molecule has 1 amide bonds. The van der Waals surface area contributed by atoms with E-state index in [0.717, 1.165) is 0 Å². The molecule has 8 heteroatoms. The van der Waals surface area contributed by atoms with E-state index in [4.69, 9.17) is 0 Å². The van der Waals surface area contributed by atoms with Gasteiger partial charge in [-0.05, 0) is 12.1 Å². The van der Waals surface area contributed by atoms with Crippen molar-refractivity contribution in [2.45, 2.75) is 13.1 Å². The van der Waals surface area contributed by atoms with Crippen LogP contribution in [0.15, 0.2) is 30.7 Å². The highest BCUT2D eigenvalue weighted by Crippen LogP contribution is 2.28. The minimum atomic E-state index is -4.55. The van der Waals surface area contributed by atoms with E-state index in [2.05, 4.69) is 20.3 Å². The summed E-state index contributed by atoms with van der Waals surface area (Å²) in [6, 6.07) is 2.97. The third-order valence-electron chi connectivity index (χ3n) is 2.29. The minimum Gasteiger partial charge on any atom is -0.311 e. The van der Waals surface area contributed by atoms with Crippen LogP contribution in [0, 0.1) is 0 Å². The predicted molar refractivity (Wildman–Crippen MR) is 64.6 cm³/mol. The second-order valence-corrected chi connectivity index (χ2v) is 3.90. The van der Waals surface area contributed by atoms with Crippen molar-refractivity contribution in [3.63, 3.8) is 0 Å². The van der Waals surface area contributed by atoms with E-state index in [0.29, 0.717) is 17.6 Å². The molecule has 0 bridgehead atoms. The van der Waals surface area contributed by atoms with Crippen molar-refractivity contribution in [2.24, 2.45) is 0 Å². The lowest BCUT2D eigenvalue weighted by Gasteiger charge is -2.07. The number of carbonyl (C=O) groups excluding carboxylic acids is 1. The number of carbonyl (C=O) groups is 1. The normalized spacial score (nSPS) is 11.2. The highest BCUT2D eigenvalue weighted by atomic mass is 19.4. The van der Waals surface area contributed by atoms with Gasteiger partial charge in [0.25, 0.3) is 0 Å². The van der Waals surface area contributed by atoms with E-state index in [1.807, 2.05) is 0 Å². The maximum absolute atomic E-state index is 12.5. The van der Waals surface area contributed by atoms with Gasteiger partial charge in [0.1, 0.15) is 5.82 Å². The lowest BCUT2D eigenvalue weighted by molar-refractivity contribution is -0.141. The standard InChI is InChI=1S/C12H9F3N4O/c1-7(20)18-11-3-2-8(4-17-11)9-5-16-6-10(19-9)12(13,14)15/h2-6H,1H3,(H,17,18,20). The van der Waals surface area contributed by atoms with Crippen LogP contribution in [0.5, 0.6) is 0 Å². The van der Waals surface area contributed by atoms with Crippen LogP contribution in [0.4, 0.5) is 19.0 Å². The first-order valence-corrected chi connectivity index (χ1v) is 5.49. The van der Waals surface area contributed by atoms with E-state index in [-0.39, 0.29) is 11.6 Å². The summed E-state index contributed by atoms with van der Waals surface area (Å²) < 4.78 is 37.6. The van der Waals surface area contributed by atoms with Crippen LogP contribution in [-0.2, 0) is 11.0 Å². The summed E-state index contributed by atoms with van der Waals surface area (Å²) in [5.74, 6) is 0.0188. The van der Waals surface area contributed by atoms with Crippen molar-refractivity contribution < 1.29 is 18.0 Å². The quantitative estimate of drug-likeness (QED) is 0.919. The molecule has 2 aromatic heterocycles. The summed E-state index contributed by atoms with van der Waals surface area (Å²) in [5, 5.41) is 2.45. The first kappa shape index (κ1) is 13.9. The molecule has 0 saturated heterocycles. The zero-order valence-corrected chi connectivity index (χ0v) is 10.3. The van der Waals surface area contributed by atoms with Crippen molar-refractivity contribution in [3.05, 3.63) is 36.4 Å². The van der Waals surface area contributed by atoms with E-state index >= 15 is 0 Å². The molecule has 2 rings (SSSR count). The van der Waals surface area contributed by atoms with Gasteiger partial charge in [0.05, 0.1) is 18.1 Å². The van der Waals surface area contributed by atoms with Crippen LogP contribution in [0.25, 0.3) is 11.3 Å². The zero-order chi connectivity index (χ0) is 14.8. The lowest BCUT2D eigenvalue weighted by Crippen LogP contribution is -2.09. The molecule has 0 aliphatic rings. The summed E-state index contributed by atoms with van der Waals surface area (Å²) in [6.45, 7) is 1.33.